The summed E-state index contributed by atoms with van der Waals surface area (Å²) in [6.07, 6.45) is 13.3. The third-order valence-corrected chi connectivity index (χ3v) is 5.14. The molecule has 158 valence electrons. The Morgan fingerprint density at radius 1 is 1.28 bits per heavy atom. The third kappa shape index (κ3) is 7.13. The average molecular weight is 420 g/mol. The van der Waals surface area contributed by atoms with E-state index in [2.05, 4.69) is 17.2 Å². The molecule has 0 radical (unpaired) electrons. The van der Waals surface area contributed by atoms with Crippen molar-refractivity contribution >= 4 is 24.4 Å². The summed E-state index contributed by atoms with van der Waals surface area (Å²) >= 11 is 0. The molecule has 3 rings (SSSR count). The number of rotatable bonds is 8. The molecule has 7 heteroatoms. The minimum absolute atomic E-state index is 0. The first-order valence-electron chi connectivity index (χ1n) is 9.89. The van der Waals surface area contributed by atoms with E-state index in [-0.39, 0.29) is 18.3 Å². The van der Waals surface area contributed by atoms with Crippen molar-refractivity contribution in [1.29, 1.82) is 0 Å². The van der Waals surface area contributed by atoms with Crippen molar-refractivity contribution in [1.82, 2.24) is 14.9 Å². The maximum absolute atomic E-state index is 12.2. The number of carbonyl (C=O) groups is 1. The zero-order valence-electron chi connectivity index (χ0n) is 17.0. The van der Waals surface area contributed by atoms with Gasteiger partial charge < -0.3 is 19.4 Å². The monoisotopic (exact) mass is 419 g/mol. The molecule has 1 aliphatic rings. The molecule has 1 fully saturated rings. The Kier molecular flexibility index (Phi) is 9.06. The van der Waals surface area contributed by atoms with Gasteiger partial charge in [-0.15, -0.1) is 12.4 Å². The zero-order chi connectivity index (χ0) is 19.8. The lowest BCUT2D eigenvalue weighted by atomic mass is 9.87. The quantitative estimate of drug-likeness (QED) is 0.654. The van der Waals surface area contributed by atoms with E-state index in [0.29, 0.717) is 30.7 Å². The second kappa shape index (κ2) is 11.5. The Labute approximate surface area is 178 Å². The van der Waals surface area contributed by atoms with Gasteiger partial charge in [0.15, 0.2) is 11.5 Å². The van der Waals surface area contributed by atoms with Crippen molar-refractivity contribution < 1.29 is 14.3 Å². The number of imidazole rings is 1. The lowest BCUT2D eigenvalue weighted by Crippen LogP contribution is -2.36. The van der Waals surface area contributed by atoms with Crippen molar-refractivity contribution in [3.8, 4) is 11.5 Å². The summed E-state index contributed by atoms with van der Waals surface area (Å²) in [5.74, 6) is 2.06. The van der Waals surface area contributed by atoms with Crippen LogP contribution in [0.25, 0.3) is 6.08 Å². The molecule has 1 N–H and O–H groups in total. The maximum Gasteiger partial charge on any atom is 0.244 e. The van der Waals surface area contributed by atoms with Gasteiger partial charge in [0.1, 0.15) is 6.61 Å². The van der Waals surface area contributed by atoms with Gasteiger partial charge in [-0.2, -0.15) is 0 Å². The first-order chi connectivity index (χ1) is 13.6. The van der Waals surface area contributed by atoms with Crippen LogP contribution in [0.5, 0.6) is 11.5 Å². The van der Waals surface area contributed by atoms with E-state index < -0.39 is 0 Å². The van der Waals surface area contributed by atoms with Crippen LogP contribution in [-0.2, 0) is 11.3 Å². The molecule has 29 heavy (non-hydrogen) atoms. The van der Waals surface area contributed by atoms with E-state index in [1.807, 2.05) is 29.0 Å². The van der Waals surface area contributed by atoms with Crippen molar-refractivity contribution in [2.24, 2.45) is 5.92 Å². The molecule has 1 amide bonds. The van der Waals surface area contributed by atoms with Crippen LogP contribution in [0.2, 0.25) is 0 Å². The minimum atomic E-state index is -0.0424. The van der Waals surface area contributed by atoms with Crippen LogP contribution in [-0.4, -0.2) is 35.2 Å². The van der Waals surface area contributed by atoms with Crippen LogP contribution in [0.3, 0.4) is 0 Å². The fourth-order valence-electron chi connectivity index (χ4n) is 3.41. The molecule has 0 bridgehead atoms. The van der Waals surface area contributed by atoms with Crippen molar-refractivity contribution in [2.75, 3.05) is 13.7 Å². The normalized spacial score (nSPS) is 18.8. The van der Waals surface area contributed by atoms with Gasteiger partial charge in [-0.25, -0.2) is 4.98 Å². The third-order valence-electron chi connectivity index (χ3n) is 5.14. The lowest BCUT2D eigenvalue weighted by molar-refractivity contribution is -0.117. The zero-order valence-corrected chi connectivity index (χ0v) is 17.9. The highest BCUT2D eigenvalue weighted by atomic mass is 35.5. The van der Waals surface area contributed by atoms with E-state index >= 15 is 0 Å². The SMILES string of the molecule is COc1cc(C=CC(=O)N[C@H]2CC[C@H](C)CC2)ccc1OCCn1ccnc1.Cl. The molecule has 0 saturated heterocycles. The number of nitrogens with zero attached hydrogens (tertiary/aromatic N) is 2. The van der Waals surface area contributed by atoms with Gasteiger partial charge in [-0.3, -0.25) is 4.79 Å². The van der Waals surface area contributed by atoms with Gasteiger partial charge in [0.05, 0.1) is 20.0 Å². The van der Waals surface area contributed by atoms with E-state index in [4.69, 9.17) is 9.47 Å². The van der Waals surface area contributed by atoms with Crippen LogP contribution in [0.1, 0.15) is 38.2 Å². The number of carbonyl (C=O) groups excluding carboxylic acids is 1. The van der Waals surface area contributed by atoms with Gasteiger partial charge in [-0.1, -0.05) is 13.0 Å². The van der Waals surface area contributed by atoms with Gasteiger partial charge in [0.2, 0.25) is 5.91 Å². The second-order valence-electron chi connectivity index (χ2n) is 7.36. The fourth-order valence-corrected chi connectivity index (χ4v) is 3.41. The minimum Gasteiger partial charge on any atom is -0.493 e. The molecule has 1 saturated carbocycles. The van der Waals surface area contributed by atoms with Gasteiger partial charge >= 0.3 is 0 Å². The number of amides is 1. The number of nitrogens with one attached hydrogen (secondary N) is 1. The topological polar surface area (TPSA) is 65.4 Å². The highest BCUT2D eigenvalue weighted by Gasteiger charge is 2.18. The highest BCUT2D eigenvalue weighted by Crippen LogP contribution is 2.28. The molecular formula is C22H30ClN3O3. The Balaban J connectivity index is 0.00000300. The number of aromatic nitrogens is 2. The maximum atomic E-state index is 12.2. The summed E-state index contributed by atoms with van der Waals surface area (Å²) in [7, 11) is 1.61. The summed E-state index contributed by atoms with van der Waals surface area (Å²) in [5, 5.41) is 3.10. The number of methoxy groups -OCH3 is 1. The largest absolute Gasteiger partial charge is 0.493 e. The summed E-state index contributed by atoms with van der Waals surface area (Å²) in [4.78, 5) is 16.2. The van der Waals surface area contributed by atoms with Gasteiger partial charge in [0, 0.05) is 24.5 Å². The summed E-state index contributed by atoms with van der Waals surface area (Å²) in [6.45, 7) is 3.51. The predicted molar refractivity (Wildman–Crippen MR) is 117 cm³/mol. The summed E-state index contributed by atoms with van der Waals surface area (Å²) in [5.41, 5.74) is 0.895. The smallest absolute Gasteiger partial charge is 0.244 e. The van der Waals surface area contributed by atoms with E-state index in [1.165, 1.54) is 12.8 Å². The Morgan fingerprint density at radius 2 is 2.07 bits per heavy atom. The Hall–Kier alpha value is -2.47. The Bertz CT molecular complexity index is 785. The van der Waals surface area contributed by atoms with Crippen molar-refractivity contribution in [3.63, 3.8) is 0 Å². The highest BCUT2D eigenvalue weighted by molar-refractivity contribution is 5.92. The molecule has 0 atom stereocenters. The first kappa shape index (κ1) is 22.8. The van der Waals surface area contributed by atoms with Crippen molar-refractivity contribution in [3.05, 3.63) is 48.6 Å². The van der Waals surface area contributed by atoms with Gasteiger partial charge in [-0.05, 0) is 55.4 Å². The predicted octanol–water partition coefficient (Wildman–Crippen LogP) is 4.10. The molecular weight excluding hydrogens is 390 g/mol. The molecule has 0 unspecified atom stereocenters. The van der Waals surface area contributed by atoms with Crippen LogP contribution < -0.4 is 14.8 Å². The van der Waals surface area contributed by atoms with Crippen LogP contribution in [0.15, 0.2) is 43.0 Å². The lowest BCUT2D eigenvalue weighted by Gasteiger charge is -2.26. The van der Waals surface area contributed by atoms with Crippen LogP contribution in [0, 0.1) is 5.92 Å². The molecule has 0 spiro atoms. The summed E-state index contributed by atoms with van der Waals surface area (Å²) < 4.78 is 13.2. The number of ether oxygens (including phenoxy) is 2. The average Bonchev–Trinajstić information content (AvgIpc) is 3.22. The molecule has 1 aromatic carbocycles. The van der Waals surface area contributed by atoms with E-state index in [1.54, 1.807) is 31.8 Å². The number of benzene rings is 1. The number of hydrogen-bond donors (Lipinski definition) is 1. The first-order valence-corrected chi connectivity index (χ1v) is 9.89. The standard InChI is InChI=1S/C22H29N3O3.ClH/c1-17-3-7-19(8-4-17)24-22(26)10-6-18-5-9-20(21(15-18)27-2)28-14-13-25-12-11-23-16-25;/h5-6,9-12,15-17,19H,3-4,7-8,13-14H2,1-2H3,(H,24,26);1H/t17-,19-;. The summed E-state index contributed by atoms with van der Waals surface area (Å²) in [6, 6.07) is 5.96. The molecule has 1 heterocycles. The van der Waals surface area contributed by atoms with Gasteiger partial charge in [0.25, 0.3) is 0 Å². The molecule has 6 nitrogen and oxygen atoms in total. The van der Waals surface area contributed by atoms with E-state index in [9.17, 15) is 4.79 Å². The van der Waals surface area contributed by atoms with Crippen LogP contribution in [0.4, 0.5) is 0 Å². The van der Waals surface area contributed by atoms with Crippen molar-refractivity contribution in [2.45, 2.75) is 45.2 Å². The fraction of sp³-hybridized carbons (Fsp3) is 0.455. The second-order valence-corrected chi connectivity index (χ2v) is 7.36. The number of halogens is 1. The molecule has 1 aromatic heterocycles. The number of hydrogen-bond acceptors (Lipinski definition) is 4. The van der Waals surface area contributed by atoms with E-state index in [0.717, 1.165) is 24.3 Å². The molecule has 0 aliphatic heterocycles. The molecule has 1 aliphatic carbocycles. The Morgan fingerprint density at radius 3 is 2.76 bits per heavy atom. The molecule has 2 aromatic rings. The van der Waals surface area contributed by atoms with Crippen LogP contribution >= 0.6 is 12.4 Å².